The van der Waals surface area contributed by atoms with Crippen LogP contribution < -0.4 is 5.32 Å². The summed E-state index contributed by atoms with van der Waals surface area (Å²) >= 11 is 0. The number of nitriles is 1. The zero-order chi connectivity index (χ0) is 12.1. The van der Waals surface area contributed by atoms with Crippen molar-refractivity contribution in [3.05, 3.63) is 35.4 Å². The zero-order valence-corrected chi connectivity index (χ0v) is 12.1. The highest BCUT2D eigenvalue weighted by Crippen LogP contribution is 2.22. The summed E-state index contributed by atoms with van der Waals surface area (Å²) in [5.74, 6) is 0. The van der Waals surface area contributed by atoms with E-state index in [1.54, 1.807) is 12.1 Å². The second kappa shape index (κ2) is 9.11. The highest BCUT2D eigenvalue weighted by atomic mass is 35.5. The number of hydrogen-bond donors (Lipinski definition) is 1. The van der Waals surface area contributed by atoms with E-state index >= 15 is 0 Å². The van der Waals surface area contributed by atoms with Crippen molar-refractivity contribution in [1.29, 1.82) is 5.26 Å². The van der Waals surface area contributed by atoms with E-state index in [2.05, 4.69) is 16.3 Å². The van der Waals surface area contributed by atoms with Crippen molar-refractivity contribution >= 4 is 24.8 Å². The van der Waals surface area contributed by atoms with Crippen molar-refractivity contribution in [2.45, 2.75) is 6.04 Å². The first-order chi connectivity index (χ1) is 8.35. The molecule has 19 heavy (non-hydrogen) atoms. The second-order valence-electron chi connectivity index (χ2n) is 4.19. The van der Waals surface area contributed by atoms with Gasteiger partial charge < -0.3 is 5.32 Å². The normalized spacial score (nSPS) is 16.6. The van der Waals surface area contributed by atoms with Crippen LogP contribution in [0.15, 0.2) is 24.3 Å². The number of hydrogen-bond acceptors (Lipinski definition) is 3. The first kappa shape index (κ1) is 18.1. The number of benzene rings is 1. The van der Waals surface area contributed by atoms with Crippen molar-refractivity contribution in [2.75, 3.05) is 32.9 Å². The predicted molar refractivity (Wildman–Crippen MR) is 78.8 cm³/mol. The van der Waals surface area contributed by atoms with Crippen LogP contribution in [0.3, 0.4) is 0 Å². The summed E-state index contributed by atoms with van der Waals surface area (Å²) in [4.78, 5) is 2.13. The fraction of sp³-hybridized carbons (Fsp3) is 0.462. The van der Waals surface area contributed by atoms with Gasteiger partial charge in [-0.1, -0.05) is 12.1 Å². The Morgan fingerprint density at radius 2 is 2.00 bits per heavy atom. The molecule has 6 heteroatoms. The molecule has 0 radical (unpaired) electrons. The van der Waals surface area contributed by atoms with Gasteiger partial charge in [0.1, 0.15) is 6.67 Å². The molecule has 3 nitrogen and oxygen atoms in total. The van der Waals surface area contributed by atoms with Gasteiger partial charge in [0.15, 0.2) is 0 Å². The summed E-state index contributed by atoms with van der Waals surface area (Å²) in [6.45, 7) is 3.09. The van der Waals surface area contributed by atoms with Gasteiger partial charge >= 0.3 is 0 Å². The minimum absolute atomic E-state index is 0. The molecule has 0 unspecified atom stereocenters. The lowest BCUT2D eigenvalue weighted by atomic mass is 10.0. The molecule has 1 aliphatic rings. The molecule has 0 bridgehead atoms. The maximum absolute atomic E-state index is 13.2. The average molecular weight is 306 g/mol. The monoisotopic (exact) mass is 305 g/mol. The van der Waals surface area contributed by atoms with Gasteiger partial charge in [0.25, 0.3) is 0 Å². The average Bonchev–Trinajstić information content (AvgIpc) is 2.41. The largest absolute Gasteiger partial charge is 0.314 e. The summed E-state index contributed by atoms with van der Waals surface area (Å²) in [6.07, 6.45) is 0. The standard InChI is InChI=1S/C13H16FN3.2ClH/c14-9-13(17-6-4-16-5-7-17)12-3-1-2-11(8-12)10-15;;/h1-3,8,13,16H,4-7,9H2;2*1H/t13-;;/m1../s1. The summed E-state index contributed by atoms with van der Waals surface area (Å²) in [5, 5.41) is 12.1. The molecule has 0 aliphatic carbocycles. The quantitative estimate of drug-likeness (QED) is 0.931. The lowest BCUT2D eigenvalue weighted by Gasteiger charge is -2.33. The van der Waals surface area contributed by atoms with Gasteiger partial charge in [-0.25, -0.2) is 4.39 Å². The highest BCUT2D eigenvalue weighted by molar-refractivity contribution is 5.85. The topological polar surface area (TPSA) is 39.1 Å². The molecule has 0 aromatic heterocycles. The van der Waals surface area contributed by atoms with Crippen LogP contribution in [0.1, 0.15) is 17.2 Å². The number of nitrogens with zero attached hydrogens (tertiary/aromatic N) is 2. The Labute approximate surface area is 125 Å². The SMILES string of the molecule is Cl.Cl.N#Cc1cccc([C@@H](CF)N2CCNCC2)c1. The fourth-order valence-corrected chi connectivity index (χ4v) is 2.21. The maximum Gasteiger partial charge on any atom is 0.109 e. The number of alkyl halides is 1. The van der Waals surface area contributed by atoms with Gasteiger partial charge in [0, 0.05) is 26.2 Å². The third kappa shape index (κ3) is 4.63. The molecule has 1 aromatic rings. The first-order valence-electron chi connectivity index (χ1n) is 5.86. The Bertz CT molecular complexity index is 417. The molecular weight excluding hydrogens is 288 g/mol. The van der Waals surface area contributed by atoms with Crippen LogP contribution in [0.4, 0.5) is 4.39 Å². The van der Waals surface area contributed by atoms with Gasteiger partial charge in [-0.3, -0.25) is 4.90 Å². The third-order valence-electron chi connectivity index (χ3n) is 3.14. The van der Waals surface area contributed by atoms with E-state index in [9.17, 15) is 4.39 Å². The van der Waals surface area contributed by atoms with Crippen LogP contribution in [-0.2, 0) is 0 Å². The minimum Gasteiger partial charge on any atom is -0.314 e. The van der Waals surface area contributed by atoms with Gasteiger partial charge in [-0.2, -0.15) is 5.26 Å². The van der Waals surface area contributed by atoms with E-state index in [4.69, 9.17) is 5.26 Å². The van der Waals surface area contributed by atoms with Crippen LogP contribution >= 0.6 is 24.8 Å². The Kier molecular flexibility index (Phi) is 8.70. The molecule has 0 saturated carbocycles. The van der Waals surface area contributed by atoms with Crippen LogP contribution in [0.5, 0.6) is 0 Å². The highest BCUT2D eigenvalue weighted by Gasteiger charge is 2.22. The van der Waals surface area contributed by atoms with Gasteiger partial charge in [0.2, 0.25) is 0 Å². The Morgan fingerprint density at radius 1 is 1.32 bits per heavy atom. The fourth-order valence-electron chi connectivity index (χ4n) is 2.21. The van der Waals surface area contributed by atoms with E-state index in [-0.39, 0.29) is 30.9 Å². The summed E-state index contributed by atoms with van der Waals surface area (Å²) < 4.78 is 13.2. The molecule has 1 fully saturated rings. The number of halogens is 3. The molecule has 1 saturated heterocycles. The molecular formula is C13H18Cl2FN3. The van der Waals surface area contributed by atoms with Crippen LogP contribution in [0, 0.1) is 11.3 Å². The molecule has 2 rings (SSSR count). The van der Waals surface area contributed by atoms with E-state index in [1.165, 1.54) is 0 Å². The molecule has 1 aliphatic heterocycles. The number of rotatable bonds is 3. The van der Waals surface area contributed by atoms with E-state index in [1.807, 2.05) is 12.1 Å². The Balaban J connectivity index is 0.00000162. The van der Waals surface area contributed by atoms with Crippen molar-refractivity contribution in [2.24, 2.45) is 0 Å². The van der Waals surface area contributed by atoms with E-state index in [0.29, 0.717) is 5.56 Å². The summed E-state index contributed by atoms with van der Waals surface area (Å²) in [6, 6.07) is 9.12. The molecule has 1 heterocycles. The lowest BCUT2D eigenvalue weighted by Crippen LogP contribution is -2.45. The summed E-state index contributed by atoms with van der Waals surface area (Å²) in [7, 11) is 0. The first-order valence-corrected chi connectivity index (χ1v) is 5.86. The van der Waals surface area contributed by atoms with Gasteiger partial charge in [-0.15, -0.1) is 24.8 Å². The maximum atomic E-state index is 13.2. The van der Waals surface area contributed by atoms with E-state index < -0.39 is 6.67 Å². The van der Waals surface area contributed by atoms with Gasteiger partial charge in [-0.05, 0) is 17.7 Å². The third-order valence-corrected chi connectivity index (χ3v) is 3.14. The molecule has 1 atom stereocenters. The smallest absolute Gasteiger partial charge is 0.109 e. The number of piperazine rings is 1. The van der Waals surface area contributed by atoms with Gasteiger partial charge in [0.05, 0.1) is 17.7 Å². The summed E-state index contributed by atoms with van der Waals surface area (Å²) in [5.41, 5.74) is 1.49. The van der Waals surface area contributed by atoms with Crippen LogP contribution in [-0.4, -0.2) is 37.8 Å². The van der Waals surface area contributed by atoms with Crippen molar-refractivity contribution < 1.29 is 4.39 Å². The Hall–Kier alpha value is -0.860. The molecule has 106 valence electrons. The second-order valence-corrected chi connectivity index (χ2v) is 4.19. The number of nitrogens with one attached hydrogen (secondary N) is 1. The van der Waals surface area contributed by atoms with Crippen LogP contribution in [0.25, 0.3) is 0 Å². The van der Waals surface area contributed by atoms with Crippen molar-refractivity contribution in [3.63, 3.8) is 0 Å². The molecule has 1 N–H and O–H groups in total. The molecule has 1 aromatic carbocycles. The van der Waals surface area contributed by atoms with Crippen molar-refractivity contribution in [3.8, 4) is 6.07 Å². The van der Waals surface area contributed by atoms with Crippen molar-refractivity contribution in [1.82, 2.24) is 10.2 Å². The predicted octanol–water partition coefficient (Wildman–Crippen LogP) is 2.32. The lowest BCUT2D eigenvalue weighted by molar-refractivity contribution is 0.147. The zero-order valence-electron chi connectivity index (χ0n) is 10.5. The minimum atomic E-state index is -0.408. The molecule has 0 amide bonds. The molecule has 0 spiro atoms. The Morgan fingerprint density at radius 3 is 2.58 bits per heavy atom. The van der Waals surface area contributed by atoms with Crippen LogP contribution in [0.2, 0.25) is 0 Å². The van der Waals surface area contributed by atoms with E-state index in [0.717, 1.165) is 31.7 Å².